The average molecular weight is 367 g/mol. The zero-order chi connectivity index (χ0) is 19.2. The van der Waals surface area contributed by atoms with Crippen LogP contribution in [-0.2, 0) is 16.0 Å². The predicted molar refractivity (Wildman–Crippen MR) is 102 cm³/mol. The molecule has 6 heteroatoms. The quantitative estimate of drug-likeness (QED) is 0.552. The van der Waals surface area contributed by atoms with Gasteiger partial charge in [0.05, 0.1) is 21.3 Å². The van der Waals surface area contributed by atoms with Gasteiger partial charge in [0.2, 0.25) is 0 Å². The van der Waals surface area contributed by atoms with Crippen molar-refractivity contribution in [2.45, 2.75) is 12.8 Å². The van der Waals surface area contributed by atoms with Crippen molar-refractivity contribution in [3.05, 3.63) is 59.3 Å². The van der Waals surface area contributed by atoms with Gasteiger partial charge in [0.1, 0.15) is 17.2 Å². The highest BCUT2D eigenvalue weighted by atomic mass is 16.6. The summed E-state index contributed by atoms with van der Waals surface area (Å²) in [5.41, 5.74) is 2.05. The van der Waals surface area contributed by atoms with Gasteiger partial charge in [-0.15, -0.1) is 0 Å². The summed E-state index contributed by atoms with van der Waals surface area (Å²) >= 11 is 0. The van der Waals surface area contributed by atoms with E-state index in [1.165, 1.54) is 0 Å². The lowest BCUT2D eigenvalue weighted by Gasteiger charge is -2.07. The van der Waals surface area contributed by atoms with Crippen LogP contribution in [0.5, 0.6) is 17.2 Å². The summed E-state index contributed by atoms with van der Waals surface area (Å²) < 4.78 is 21.0. The van der Waals surface area contributed by atoms with Crippen LogP contribution in [0.15, 0.2) is 53.2 Å². The van der Waals surface area contributed by atoms with E-state index >= 15 is 0 Å². The van der Waals surface area contributed by atoms with E-state index in [0.717, 1.165) is 11.3 Å². The van der Waals surface area contributed by atoms with Crippen LogP contribution in [-0.4, -0.2) is 33.2 Å². The number of aryl methyl sites for hydroxylation is 1. The van der Waals surface area contributed by atoms with Gasteiger partial charge in [-0.05, 0) is 48.4 Å². The normalized spacial score (nSPS) is 14.7. The number of esters is 1. The molecule has 0 saturated heterocycles. The second-order valence-corrected chi connectivity index (χ2v) is 5.88. The summed E-state index contributed by atoms with van der Waals surface area (Å²) in [5, 5.41) is 0. The Hall–Kier alpha value is -3.28. The fourth-order valence-electron chi connectivity index (χ4n) is 2.70. The van der Waals surface area contributed by atoms with E-state index in [4.69, 9.17) is 18.9 Å². The molecule has 0 aliphatic carbocycles. The summed E-state index contributed by atoms with van der Waals surface area (Å²) in [5.74, 6) is 2.03. The number of benzene rings is 2. The van der Waals surface area contributed by atoms with Crippen LogP contribution < -0.4 is 14.2 Å². The van der Waals surface area contributed by atoms with Gasteiger partial charge in [-0.25, -0.2) is 9.79 Å². The molecule has 0 aromatic heterocycles. The first-order valence-corrected chi connectivity index (χ1v) is 8.49. The number of ether oxygens (including phenoxy) is 4. The van der Waals surface area contributed by atoms with Gasteiger partial charge in [0.25, 0.3) is 0 Å². The molecule has 1 heterocycles. The van der Waals surface area contributed by atoms with Gasteiger partial charge < -0.3 is 18.9 Å². The highest BCUT2D eigenvalue weighted by molar-refractivity contribution is 6.07. The molecule has 1 aliphatic heterocycles. The van der Waals surface area contributed by atoms with E-state index < -0.39 is 5.97 Å². The fraction of sp³-hybridized carbons (Fsp3) is 0.238. The second-order valence-electron chi connectivity index (χ2n) is 5.88. The Morgan fingerprint density at radius 1 is 0.926 bits per heavy atom. The minimum absolute atomic E-state index is 0.242. The number of aliphatic imine (C=N–C) groups is 1. The van der Waals surface area contributed by atoms with Crippen molar-refractivity contribution >= 4 is 17.9 Å². The molecule has 0 unspecified atom stereocenters. The molecule has 140 valence electrons. The summed E-state index contributed by atoms with van der Waals surface area (Å²) in [6, 6.07) is 13.1. The molecule has 27 heavy (non-hydrogen) atoms. The van der Waals surface area contributed by atoms with Crippen molar-refractivity contribution in [2.75, 3.05) is 21.3 Å². The summed E-state index contributed by atoms with van der Waals surface area (Å²) in [6.45, 7) is 0. The van der Waals surface area contributed by atoms with Crippen molar-refractivity contribution < 1.29 is 23.7 Å². The third-order valence-electron chi connectivity index (χ3n) is 4.18. The van der Waals surface area contributed by atoms with Gasteiger partial charge >= 0.3 is 5.97 Å². The van der Waals surface area contributed by atoms with Gasteiger partial charge in [0, 0.05) is 12.0 Å². The van der Waals surface area contributed by atoms with Crippen molar-refractivity contribution in [2.24, 2.45) is 4.99 Å². The maximum atomic E-state index is 12.1. The molecule has 6 nitrogen and oxygen atoms in total. The number of carbonyl (C=O) groups is 1. The molecule has 2 aromatic carbocycles. The lowest BCUT2D eigenvalue weighted by Crippen LogP contribution is -2.05. The molecule has 0 amide bonds. The van der Waals surface area contributed by atoms with E-state index in [1.54, 1.807) is 45.6 Å². The zero-order valence-corrected chi connectivity index (χ0v) is 15.5. The first-order valence-electron chi connectivity index (χ1n) is 8.49. The Morgan fingerprint density at radius 3 is 2.30 bits per heavy atom. The van der Waals surface area contributed by atoms with Crippen LogP contribution >= 0.6 is 0 Å². The Balaban J connectivity index is 1.74. The Kier molecular flexibility index (Phi) is 5.76. The number of rotatable bonds is 7. The minimum Gasteiger partial charge on any atom is -0.497 e. The number of hydrogen-bond acceptors (Lipinski definition) is 6. The molecule has 0 radical (unpaired) electrons. The predicted octanol–water partition coefficient (Wildman–Crippen LogP) is 3.64. The lowest BCUT2D eigenvalue weighted by atomic mass is 10.1. The zero-order valence-electron chi connectivity index (χ0n) is 15.5. The van der Waals surface area contributed by atoms with Gasteiger partial charge in [-0.2, -0.15) is 0 Å². The second kappa shape index (κ2) is 8.40. The molecular weight excluding hydrogens is 346 g/mol. The highest BCUT2D eigenvalue weighted by Gasteiger charge is 2.23. The summed E-state index contributed by atoms with van der Waals surface area (Å²) in [6.07, 6.45) is 2.89. The van der Waals surface area contributed by atoms with Gasteiger partial charge in [0.15, 0.2) is 11.6 Å². The van der Waals surface area contributed by atoms with Crippen LogP contribution in [0.2, 0.25) is 0 Å². The van der Waals surface area contributed by atoms with Crippen molar-refractivity contribution in [3.8, 4) is 17.2 Å². The molecule has 0 saturated carbocycles. The molecule has 0 spiro atoms. The van der Waals surface area contributed by atoms with Crippen LogP contribution in [0.4, 0.5) is 0 Å². The third kappa shape index (κ3) is 4.47. The molecular formula is C21H21NO5. The Morgan fingerprint density at radius 2 is 1.63 bits per heavy atom. The number of cyclic esters (lactones) is 1. The maximum absolute atomic E-state index is 12.1. The number of carbonyl (C=O) groups excluding carboxylic acids is 1. The first kappa shape index (κ1) is 18.5. The average Bonchev–Trinajstić information content (AvgIpc) is 3.06. The molecule has 0 bridgehead atoms. The number of nitrogens with zero attached hydrogens (tertiary/aromatic N) is 1. The molecule has 1 aliphatic rings. The molecule has 2 aromatic rings. The van der Waals surface area contributed by atoms with Gasteiger partial charge in [-0.3, -0.25) is 0 Å². The maximum Gasteiger partial charge on any atom is 0.363 e. The lowest BCUT2D eigenvalue weighted by molar-refractivity contribution is -0.130. The number of hydrogen-bond donors (Lipinski definition) is 0. The Bertz CT molecular complexity index is 884. The van der Waals surface area contributed by atoms with Crippen molar-refractivity contribution in [1.82, 2.24) is 0 Å². The van der Waals surface area contributed by atoms with Crippen LogP contribution in [0, 0.1) is 0 Å². The van der Waals surface area contributed by atoms with Crippen LogP contribution in [0.1, 0.15) is 17.5 Å². The molecule has 0 fully saturated rings. The SMILES string of the molecule is COc1ccc(CCC2=N/C(=C\c3cc(OC)ccc3OC)C(=O)O2)cc1. The molecule has 3 rings (SSSR count). The van der Waals surface area contributed by atoms with E-state index in [9.17, 15) is 4.79 Å². The largest absolute Gasteiger partial charge is 0.497 e. The standard InChI is InChI=1S/C21H21NO5/c1-24-16-7-4-14(5-8-16)6-11-20-22-18(21(23)27-20)13-15-12-17(25-2)9-10-19(15)26-3/h4-5,7-10,12-13H,6,11H2,1-3H3/b18-13-. The third-order valence-corrected chi connectivity index (χ3v) is 4.18. The van der Waals surface area contributed by atoms with Crippen LogP contribution in [0.3, 0.4) is 0 Å². The minimum atomic E-state index is -0.468. The summed E-state index contributed by atoms with van der Waals surface area (Å²) in [7, 11) is 4.78. The fourth-order valence-corrected chi connectivity index (χ4v) is 2.70. The smallest absolute Gasteiger partial charge is 0.363 e. The monoisotopic (exact) mass is 367 g/mol. The van der Waals surface area contributed by atoms with E-state index in [1.807, 2.05) is 24.3 Å². The van der Waals surface area contributed by atoms with E-state index in [-0.39, 0.29) is 5.70 Å². The number of methoxy groups -OCH3 is 3. The molecule has 0 N–H and O–H groups in total. The first-order chi connectivity index (χ1) is 13.1. The topological polar surface area (TPSA) is 66.3 Å². The van der Waals surface area contributed by atoms with Crippen molar-refractivity contribution in [3.63, 3.8) is 0 Å². The van der Waals surface area contributed by atoms with Crippen molar-refractivity contribution in [1.29, 1.82) is 0 Å². The summed E-state index contributed by atoms with van der Waals surface area (Å²) in [4.78, 5) is 16.5. The van der Waals surface area contributed by atoms with E-state index in [0.29, 0.717) is 35.8 Å². The van der Waals surface area contributed by atoms with Crippen LogP contribution in [0.25, 0.3) is 6.08 Å². The van der Waals surface area contributed by atoms with E-state index in [2.05, 4.69) is 4.99 Å². The van der Waals surface area contributed by atoms with Gasteiger partial charge in [-0.1, -0.05) is 12.1 Å². The Labute approximate surface area is 158 Å². The highest BCUT2D eigenvalue weighted by Crippen LogP contribution is 2.28. The molecule has 0 atom stereocenters.